The monoisotopic (exact) mass is 1460 g/mol. The Labute approximate surface area is 607 Å². The van der Waals surface area contributed by atoms with Crippen molar-refractivity contribution in [3.63, 3.8) is 0 Å². The van der Waals surface area contributed by atoms with Crippen molar-refractivity contribution in [2.24, 2.45) is 33.9 Å². The lowest BCUT2D eigenvalue weighted by Crippen LogP contribution is -2.40. The van der Waals surface area contributed by atoms with Gasteiger partial charge in [-0.2, -0.15) is 0 Å². The van der Waals surface area contributed by atoms with Crippen molar-refractivity contribution in [3.8, 4) is 22.3 Å². The molecule has 560 valence electrons. The summed E-state index contributed by atoms with van der Waals surface area (Å²) >= 11 is 6.73. The molecule has 8 rings (SSSR count). The Hall–Kier alpha value is -9.87. The Kier molecular flexibility index (Phi) is 31.3. The summed E-state index contributed by atoms with van der Waals surface area (Å²) in [6.07, 6.45) is 7.73. The molecule has 0 fully saturated rings. The lowest BCUT2D eigenvalue weighted by atomic mass is 9.89. The second-order valence-electron chi connectivity index (χ2n) is 24.2. The van der Waals surface area contributed by atoms with E-state index in [1.807, 2.05) is 29.2 Å². The molecule has 3 aromatic carbocycles. The second-order valence-corrected chi connectivity index (χ2v) is 24.6. The number of fused-ring (bicyclic) bond motifs is 1. The van der Waals surface area contributed by atoms with Crippen molar-refractivity contribution >= 4 is 93.2 Å². The van der Waals surface area contributed by atoms with E-state index >= 15 is 0 Å². The number of carbonyl (C=O) groups excluding carboxylic acids is 8. The fourth-order valence-electron chi connectivity index (χ4n) is 11.1. The fourth-order valence-corrected chi connectivity index (χ4v) is 11.3. The number of amides is 8. The highest BCUT2D eigenvalue weighted by atomic mass is 35.5. The molecule has 4 aromatic heterocycles. The maximum atomic E-state index is 13.4. The molecule has 0 saturated heterocycles. The number of anilines is 6. The summed E-state index contributed by atoms with van der Waals surface area (Å²) in [5.74, 6) is -2.84. The Morgan fingerprint density at radius 2 is 0.952 bits per heavy atom. The molecule has 5 heterocycles. The minimum absolute atomic E-state index is 0.0115. The third-order valence-corrected chi connectivity index (χ3v) is 16.5. The van der Waals surface area contributed by atoms with Gasteiger partial charge in [0.05, 0.1) is 117 Å². The standard InChI is InChI=1S/C71H93ClN16O16/c1-46-7-8-49-37-48(10-14-58(49)88(46)47(2)89)54-12-9-50(38-55(54)56-39-51(74)11-13-57(56)72)67(92)76-19-21-97-23-25-99-27-29-101-31-33-103-35-36-104-34-32-102-30-28-100-26-24-98-22-20-77-69(94)60-41-53(43-85(60)4)79-71(96)66-83-62(45-87(66)6)81-64(91)16-18-75-68(93)59-40-52(42-84(59)3)78-70(95)65-82-61(44-86(65)5)80-63(90)15-17-73/h9-14,37-46H,7-8,15-36,73-74H2,1-6H3,(H,75,93)(H,76,92)(H,77,94)(H,78,95)(H,79,96)(H,80,90)(H,81,91)/t46-/m0/s1. The molecule has 1 aliphatic rings. The molecule has 0 saturated carbocycles. The molecule has 0 bridgehead atoms. The minimum atomic E-state index is -0.594. The smallest absolute Gasteiger partial charge is 0.291 e. The lowest BCUT2D eigenvalue weighted by molar-refractivity contribution is -0.117. The maximum absolute atomic E-state index is 13.4. The zero-order valence-electron chi connectivity index (χ0n) is 59.4. The average molecular weight is 1460 g/mol. The van der Waals surface area contributed by atoms with Crippen molar-refractivity contribution in [1.82, 2.24) is 44.2 Å². The Bertz CT molecular complexity index is 4070. The van der Waals surface area contributed by atoms with Crippen LogP contribution in [0.5, 0.6) is 0 Å². The molecule has 32 nitrogen and oxygen atoms in total. The molecule has 0 aliphatic carbocycles. The highest BCUT2D eigenvalue weighted by Gasteiger charge is 2.28. The van der Waals surface area contributed by atoms with Crippen LogP contribution < -0.4 is 53.6 Å². The average Bonchev–Trinajstić information content (AvgIpc) is 0.809. The molecule has 104 heavy (non-hydrogen) atoms. The molecular formula is C71H93ClN16O16. The lowest BCUT2D eigenvalue weighted by Gasteiger charge is -2.35. The van der Waals surface area contributed by atoms with E-state index in [4.69, 9.17) is 61.0 Å². The number of ether oxygens (including phenoxy) is 8. The number of nitrogen functional groups attached to an aromatic ring is 1. The Balaban J connectivity index is 0.577. The number of aromatic nitrogens is 6. The first-order valence-corrected chi connectivity index (χ1v) is 34.5. The number of nitrogens with one attached hydrogen (secondary N) is 7. The van der Waals surface area contributed by atoms with Crippen LogP contribution >= 0.6 is 11.6 Å². The number of rotatable bonds is 43. The van der Waals surface area contributed by atoms with Crippen molar-refractivity contribution in [3.05, 3.63) is 131 Å². The normalized spacial score (nSPS) is 12.6. The van der Waals surface area contributed by atoms with Crippen LogP contribution in [0.2, 0.25) is 5.02 Å². The van der Waals surface area contributed by atoms with E-state index in [0.717, 1.165) is 40.8 Å². The van der Waals surface area contributed by atoms with Crippen LogP contribution in [0, 0.1) is 0 Å². The van der Waals surface area contributed by atoms with Gasteiger partial charge in [-0.25, -0.2) is 9.97 Å². The number of halogens is 1. The van der Waals surface area contributed by atoms with Gasteiger partial charge in [-0.3, -0.25) is 38.4 Å². The maximum Gasteiger partial charge on any atom is 0.291 e. The molecule has 11 N–H and O–H groups in total. The molecule has 1 atom stereocenters. The van der Waals surface area contributed by atoms with Crippen molar-refractivity contribution in [2.45, 2.75) is 45.6 Å². The molecule has 1 aliphatic heterocycles. The Morgan fingerprint density at radius 3 is 1.43 bits per heavy atom. The number of aryl methyl sites for hydroxylation is 5. The second kappa shape index (κ2) is 40.8. The van der Waals surface area contributed by atoms with Crippen LogP contribution in [0.3, 0.4) is 0 Å². The summed E-state index contributed by atoms with van der Waals surface area (Å²) in [6, 6.07) is 20.0. The first-order valence-electron chi connectivity index (χ1n) is 34.1. The van der Waals surface area contributed by atoms with Crippen molar-refractivity contribution in [1.29, 1.82) is 0 Å². The van der Waals surface area contributed by atoms with Gasteiger partial charge in [0.15, 0.2) is 11.6 Å². The predicted octanol–water partition coefficient (Wildman–Crippen LogP) is 4.93. The van der Waals surface area contributed by atoms with E-state index in [0.29, 0.717) is 139 Å². The van der Waals surface area contributed by atoms with Gasteiger partial charge in [-0.15, -0.1) is 0 Å². The zero-order valence-corrected chi connectivity index (χ0v) is 60.2. The molecule has 0 unspecified atom stereocenters. The number of imidazole rings is 2. The Morgan fingerprint density at radius 1 is 0.490 bits per heavy atom. The van der Waals surface area contributed by atoms with Gasteiger partial charge in [0.2, 0.25) is 29.4 Å². The molecule has 0 spiro atoms. The summed E-state index contributed by atoms with van der Waals surface area (Å²) in [5, 5.41) is 19.5. The van der Waals surface area contributed by atoms with Crippen molar-refractivity contribution in [2.75, 3.05) is 164 Å². The molecule has 33 heteroatoms. The quantitative estimate of drug-likeness (QED) is 0.0181. The number of nitrogens with zero attached hydrogens (tertiary/aromatic N) is 7. The molecule has 8 amide bonds. The third-order valence-electron chi connectivity index (χ3n) is 16.2. The van der Waals surface area contributed by atoms with Gasteiger partial charge >= 0.3 is 0 Å². The number of carbonyl (C=O) groups is 8. The van der Waals surface area contributed by atoms with Gasteiger partial charge in [-0.1, -0.05) is 23.7 Å². The fraction of sp³-hybridized carbons (Fsp3) is 0.437. The third kappa shape index (κ3) is 24.1. The summed E-state index contributed by atoms with van der Waals surface area (Å²) < 4.78 is 50.7. The van der Waals surface area contributed by atoms with Gasteiger partial charge < -0.3 is 110 Å². The summed E-state index contributed by atoms with van der Waals surface area (Å²) in [6.45, 7) is 10.2. The first kappa shape index (κ1) is 79.8. The zero-order chi connectivity index (χ0) is 74.5. The van der Waals surface area contributed by atoms with Crippen LogP contribution in [-0.2, 0) is 86.9 Å². The highest BCUT2D eigenvalue weighted by molar-refractivity contribution is 6.33. The van der Waals surface area contributed by atoms with E-state index in [9.17, 15) is 38.4 Å². The van der Waals surface area contributed by atoms with E-state index in [-0.39, 0.29) is 103 Å². The van der Waals surface area contributed by atoms with E-state index in [1.54, 1.807) is 70.1 Å². The van der Waals surface area contributed by atoms with Gasteiger partial charge in [0, 0.05) is 132 Å². The summed E-state index contributed by atoms with van der Waals surface area (Å²) in [5.41, 5.74) is 19.1. The van der Waals surface area contributed by atoms with E-state index < -0.39 is 23.6 Å². The van der Waals surface area contributed by atoms with Gasteiger partial charge in [0.1, 0.15) is 11.4 Å². The molecule has 0 radical (unpaired) electrons. The number of hydrogen-bond acceptors (Lipinski definition) is 20. The van der Waals surface area contributed by atoms with Gasteiger partial charge in [-0.05, 0) is 96.6 Å². The molecule has 7 aromatic rings. The van der Waals surface area contributed by atoms with E-state index in [2.05, 4.69) is 60.2 Å². The SMILES string of the molecule is CC(=O)N1c2ccc(-c3ccc(C(=O)NCCOCCOCCOCCOCCOCCOCCOCCOCCNC(=O)c4cc(NC(=O)c5nc(NC(=O)CCNC(=O)c6cc(NC(=O)c7nc(NC(=O)CCN)cn7C)cn6C)cn5C)cn4C)cc3-c3cc(N)ccc3Cl)cc2CC[C@@H]1C. The van der Waals surface area contributed by atoms with Gasteiger partial charge in [0.25, 0.3) is 29.5 Å². The largest absolute Gasteiger partial charge is 0.399 e. The number of hydrogen-bond donors (Lipinski definition) is 9. The van der Waals surface area contributed by atoms with Crippen LogP contribution in [-0.4, -0.2) is 213 Å². The number of benzene rings is 3. The van der Waals surface area contributed by atoms with Crippen LogP contribution in [0.25, 0.3) is 22.3 Å². The number of nitrogens with two attached hydrogens (primary N) is 2. The van der Waals surface area contributed by atoms with Crippen LogP contribution in [0.1, 0.15) is 91.2 Å². The van der Waals surface area contributed by atoms with Crippen molar-refractivity contribution < 1.29 is 76.3 Å². The highest BCUT2D eigenvalue weighted by Crippen LogP contribution is 2.41. The summed E-state index contributed by atoms with van der Waals surface area (Å²) in [4.78, 5) is 113. The summed E-state index contributed by atoms with van der Waals surface area (Å²) in [7, 11) is 6.45. The minimum Gasteiger partial charge on any atom is -0.399 e. The van der Waals surface area contributed by atoms with E-state index in [1.165, 1.54) is 44.4 Å². The van der Waals surface area contributed by atoms with Crippen LogP contribution in [0.4, 0.5) is 34.4 Å². The van der Waals surface area contributed by atoms with Crippen LogP contribution in [0.15, 0.2) is 91.5 Å². The first-order chi connectivity index (χ1) is 50.2. The predicted molar refractivity (Wildman–Crippen MR) is 390 cm³/mol. The topological polar surface area (TPSA) is 395 Å². The molecular weight excluding hydrogens is 1370 g/mol.